The average Bonchev–Trinajstić information content (AvgIpc) is 3.13. The molecule has 1 aliphatic rings. The molecule has 0 spiro atoms. The highest BCUT2D eigenvalue weighted by molar-refractivity contribution is 5.79. The van der Waals surface area contributed by atoms with Gasteiger partial charge in [-0.2, -0.15) is 0 Å². The van der Waals surface area contributed by atoms with E-state index in [4.69, 9.17) is 9.84 Å². The highest BCUT2D eigenvalue weighted by Crippen LogP contribution is 2.27. The Labute approximate surface area is 193 Å². The number of likely N-dealkylation sites (tertiary alicyclic amines) is 1. The number of ether oxygens (including phenoxy) is 1. The number of halogens is 1. The number of rotatable bonds is 12. The van der Waals surface area contributed by atoms with Gasteiger partial charge in [0.05, 0.1) is 12.1 Å². The molecule has 6 nitrogen and oxygen atoms in total. The summed E-state index contributed by atoms with van der Waals surface area (Å²) in [5.41, 5.74) is 0.634. The van der Waals surface area contributed by atoms with E-state index in [9.17, 15) is 19.1 Å². The maximum atomic E-state index is 13.4. The van der Waals surface area contributed by atoms with Crippen molar-refractivity contribution >= 4 is 11.9 Å². The number of aliphatic carboxylic acids is 1. The highest BCUT2D eigenvalue weighted by atomic mass is 19.1. The van der Waals surface area contributed by atoms with Gasteiger partial charge in [-0.1, -0.05) is 43.2 Å². The van der Waals surface area contributed by atoms with Gasteiger partial charge in [-0.05, 0) is 49.1 Å². The quantitative estimate of drug-likeness (QED) is 0.338. The first-order valence-electron chi connectivity index (χ1n) is 11.3. The van der Waals surface area contributed by atoms with Crippen LogP contribution in [0.3, 0.4) is 0 Å². The monoisotopic (exact) mass is 455 g/mol. The molecule has 176 valence electrons. The van der Waals surface area contributed by atoms with Crippen molar-refractivity contribution in [2.24, 2.45) is 0 Å². The summed E-state index contributed by atoms with van der Waals surface area (Å²) in [5, 5.41) is 19.3. The van der Waals surface area contributed by atoms with Gasteiger partial charge in [0.25, 0.3) is 0 Å². The number of carboxylic acid groups (broad SMARTS) is 1. The summed E-state index contributed by atoms with van der Waals surface area (Å²) in [5.74, 6) is -0.191. The fourth-order valence-corrected chi connectivity index (χ4v) is 3.93. The molecule has 33 heavy (non-hydrogen) atoms. The van der Waals surface area contributed by atoms with E-state index in [1.165, 1.54) is 12.1 Å². The molecule has 2 aromatic carbocycles. The van der Waals surface area contributed by atoms with Crippen LogP contribution in [0.2, 0.25) is 0 Å². The van der Waals surface area contributed by atoms with E-state index in [1.807, 2.05) is 11.0 Å². The Hall–Kier alpha value is -3.19. The number of unbranched alkanes of at least 4 members (excludes halogenated alkanes) is 3. The van der Waals surface area contributed by atoms with Gasteiger partial charge in [-0.3, -0.25) is 9.59 Å². The minimum Gasteiger partial charge on any atom is -0.481 e. The van der Waals surface area contributed by atoms with Crippen LogP contribution in [0.4, 0.5) is 4.39 Å². The molecular weight excluding hydrogens is 425 g/mol. The van der Waals surface area contributed by atoms with Crippen molar-refractivity contribution in [1.29, 1.82) is 0 Å². The second kappa shape index (κ2) is 12.2. The first kappa shape index (κ1) is 24.5. The van der Waals surface area contributed by atoms with E-state index in [0.29, 0.717) is 42.9 Å². The summed E-state index contributed by atoms with van der Waals surface area (Å²) < 4.78 is 19.1. The lowest BCUT2D eigenvalue weighted by atomic mass is 10.1. The summed E-state index contributed by atoms with van der Waals surface area (Å²) in [6.45, 7) is 0.633. The van der Waals surface area contributed by atoms with Gasteiger partial charge in [0.15, 0.2) is 0 Å². The Morgan fingerprint density at radius 1 is 1.12 bits per heavy atom. The van der Waals surface area contributed by atoms with E-state index < -0.39 is 12.1 Å². The molecule has 0 radical (unpaired) electrons. The standard InChI is InChI=1S/C26H30FNO5/c27-20-8-6-10-23(18-20)33-22-9-5-7-19(17-22)24(29)14-12-21-13-15-25(30)28(21)16-4-2-1-3-11-26(31)32/h5-10,12,14,17-18,21,24,29H,1-4,11,13,15-16H2,(H,31,32). The van der Waals surface area contributed by atoms with Crippen LogP contribution in [-0.2, 0) is 9.59 Å². The zero-order valence-electron chi connectivity index (χ0n) is 18.5. The second-order valence-corrected chi connectivity index (χ2v) is 8.21. The van der Waals surface area contributed by atoms with Crippen molar-refractivity contribution < 1.29 is 28.9 Å². The van der Waals surface area contributed by atoms with Crippen molar-refractivity contribution in [1.82, 2.24) is 4.90 Å². The summed E-state index contributed by atoms with van der Waals surface area (Å²) in [7, 11) is 0. The SMILES string of the molecule is O=C(O)CCCCCCN1C(=O)CCC1C=CC(O)c1cccc(Oc2cccc(F)c2)c1. The van der Waals surface area contributed by atoms with E-state index in [2.05, 4.69) is 0 Å². The zero-order valence-corrected chi connectivity index (χ0v) is 18.5. The summed E-state index contributed by atoms with van der Waals surface area (Å²) in [6.07, 6.45) is 7.28. The van der Waals surface area contributed by atoms with Crippen molar-refractivity contribution in [3.63, 3.8) is 0 Å². The van der Waals surface area contributed by atoms with Gasteiger partial charge < -0.3 is 19.8 Å². The molecular formula is C26H30FNO5. The van der Waals surface area contributed by atoms with Gasteiger partial charge in [0.2, 0.25) is 5.91 Å². The maximum Gasteiger partial charge on any atom is 0.303 e. The lowest BCUT2D eigenvalue weighted by molar-refractivity contribution is -0.137. The molecule has 2 atom stereocenters. The van der Waals surface area contributed by atoms with E-state index in [0.717, 1.165) is 19.3 Å². The van der Waals surface area contributed by atoms with Crippen LogP contribution in [0.25, 0.3) is 0 Å². The first-order chi connectivity index (χ1) is 15.9. The highest BCUT2D eigenvalue weighted by Gasteiger charge is 2.28. The largest absolute Gasteiger partial charge is 0.481 e. The predicted octanol–water partition coefficient (Wildman–Crippen LogP) is 5.23. The summed E-state index contributed by atoms with van der Waals surface area (Å²) >= 11 is 0. The number of carboxylic acids is 1. The number of hydrogen-bond acceptors (Lipinski definition) is 4. The van der Waals surface area contributed by atoms with Crippen LogP contribution in [0.5, 0.6) is 11.5 Å². The Kier molecular flexibility index (Phi) is 9.01. The molecule has 0 bridgehead atoms. The zero-order chi connectivity index (χ0) is 23.6. The van der Waals surface area contributed by atoms with E-state index in [-0.39, 0.29) is 24.2 Å². The van der Waals surface area contributed by atoms with Gasteiger partial charge in [0, 0.05) is 25.5 Å². The van der Waals surface area contributed by atoms with Crippen LogP contribution < -0.4 is 4.74 Å². The van der Waals surface area contributed by atoms with Crippen LogP contribution in [-0.4, -0.2) is 39.6 Å². The fraction of sp³-hybridized carbons (Fsp3) is 0.385. The lowest BCUT2D eigenvalue weighted by Crippen LogP contribution is -2.32. The number of benzene rings is 2. The number of aliphatic hydroxyl groups is 1. The van der Waals surface area contributed by atoms with E-state index in [1.54, 1.807) is 42.5 Å². The lowest BCUT2D eigenvalue weighted by Gasteiger charge is -2.22. The minimum atomic E-state index is -0.866. The normalized spacial score (nSPS) is 17.0. The Morgan fingerprint density at radius 2 is 1.85 bits per heavy atom. The minimum absolute atomic E-state index is 0.0575. The molecule has 1 saturated heterocycles. The molecule has 1 amide bonds. The van der Waals surface area contributed by atoms with Gasteiger partial charge >= 0.3 is 5.97 Å². The summed E-state index contributed by atoms with van der Waals surface area (Å²) in [4.78, 5) is 24.7. The average molecular weight is 456 g/mol. The number of carbonyl (C=O) groups is 2. The van der Waals surface area contributed by atoms with Gasteiger partial charge in [-0.25, -0.2) is 4.39 Å². The molecule has 1 fully saturated rings. The number of hydrogen-bond donors (Lipinski definition) is 2. The van der Waals surface area contributed by atoms with Crippen LogP contribution in [0.1, 0.15) is 56.6 Å². The van der Waals surface area contributed by atoms with Gasteiger partial charge in [0.1, 0.15) is 17.3 Å². The number of nitrogens with zero attached hydrogens (tertiary/aromatic N) is 1. The first-order valence-corrected chi connectivity index (χ1v) is 11.3. The number of amides is 1. The molecule has 1 heterocycles. The topological polar surface area (TPSA) is 87.1 Å². The molecule has 3 rings (SSSR count). The van der Waals surface area contributed by atoms with Crippen molar-refractivity contribution in [3.8, 4) is 11.5 Å². The smallest absolute Gasteiger partial charge is 0.303 e. The maximum absolute atomic E-state index is 13.4. The Bertz CT molecular complexity index is 977. The van der Waals surface area contributed by atoms with Crippen LogP contribution in [0, 0.1) is 5.82 Å². The Morgan fingerprint density at radius 3 is 2.61 bits per heavy atom. The number of carbonyl (C=O) groups excluding carboxylic acids is 1. The Balaban J connectivity index is 1.53. The molecule has 1 aliphatic heterocycles. The predicted molar refractivity (Wildman–Crippen MR) is 122 cm³/mol. The van der Waals surface area contributed by atoms with Crippen LogP contribution in [0.15, 0.2) is 60.7 Å². The molecule has 0 saturated carbocycles. The molecule has 0 aliphatic carbocycles. The third-order valence-corrected chi connectivity index (χ3v) is 5.66. The van der Waals surface area contributed by atoms with Gasteiger partial charge in [-0.15, -0.1) is 0 Å². The molecule has 2 aromatic rings. The molecule has 2 N–H and O–H groups in total. The third kappa shape index (κ3) is 7.71. The van der Waals surface area contributed by atoms with Crippen LogP contribution >= 0.6 is 0 Å². The molecule has 7 heteroatoms. The fourth-order valence-electron chi connectivity index (χ4n) is 3.93. The van der Waals surface area contributed by atoms with Crippen molar-refractivity contribution in [2.45, 2.75) is 57.1 Å². The molecule has 0 aromatic heterocycles. The van der Waals surface area contributed by atoms with Crippen molar-refractivity contribution in [3.05, 3.63) is 72.1 Å². The van der Waals surface area contributed by atoms with Crippen molar-refractivity contribution in [2.75, 3.05) is 6.54 Å². The third-order valence-electron chi connectivity index (χ3n) is 5.66. The van der Waals surface area contributed by atoms with E-state index >= 15 is 0 Å². The second-order valence-electron chi connectivity index (χ2n) is 8.21. The number of aliphatic hydroxyl groups excluding tert-OH is 1. The summed E-state index contributed by atoms with van der Waals surface area (Å²) in [6, 6.07) is 12.8. The molecule has 2 unspecified atom stereocenters.